The van der Waals surface area contributed by atoms with Gasteiger partial charge in [-0.25, -0.2) is 0 Å². The maximum atomic E-state index is 11.1. The Kier molecular flexibility index (Phi) is 3.66. The summed E-state index contributed by atoms with van der Waals surface area (Å²) in [6.45, 7) is 0.585. The molecule has 7 nitrogen and oxygen atoms in total. The molecule has 1 heterocycles. The minimum Gasteiger partial charge on any atom is -0.490 e. The molecule has 1 aliphatic rings. The zero-order chi connectivity index (χ0) is 14.0. The zero-order valence-electron chi connectivity index (χ0n) is 10.3. The monoisotopic (exact) mass is 266 g/mol. The Morgan fingerprint density at radius 3 is 2.89 bits per heavy atom. The van der Waals surface area contributed by atoms with Crippen LogP contribution < -0.4 is 10.1 Å². The van der Waals surface area contributed by atoms with Gasteiger partial charge < -0.3 is 15.2 Å². The van der Waals surface area contributed by atoms with E-state index in [1.54, 1.807) is 6.07 Å². The van der Waals surface area contributed by atoms with E-state index in [0.29, 0.717) is 18.5 Å². The van der Waals surface area contributed by atoms with Crippen molar-refractivity contribution in [1.29, 1.82) is 0 Å². The average molecular weight is 266 g/mol. The molecule has 0 aliphatic carbocycles. The van der Waals surface area contributed by atoms with Gasteiger partial charge in [0.15, 0.2) is 5.75 Å². The van der Waals surface area contributed by atoms with Crippen molar-refractivity contribution in [2.45, 2.75) is 12.5 Å². The second kappa shape index (κ2) is 5.23. The lowest BCUT2D eigenvalue weighted by molar-refractivity contribution is -0.385. The highest BCUT2D eigenvalue weighted by Crippen LogP contribution is 2.35. The van der Waals surface area contributed by atoms with Gasteiger partial charge in [-0.05, 0) is 24.6 Å². The third-order valence-electron chi connectivity index (χ3n) is 3.30. The lowest BCUT2D eigenvalue weighted by Gasteiger charge is -2.16. The number of nitrogens with one attached hydrogen (secondary N) is 1. The van der Waals surface area contributed by atoms with Gasteiger partial charge in [-0.2, -0.15) is 0 Å². The molecule has 0 bridgehead atoms. The zero-order valence-corrected chi connectivity index (χ0v) is 10.3. The number of aliphatic carboxylic acids is 1. The molecule has 1 fully saturated rings. The molecule has 19 heavy (non-hydrogen) atoms. The fraction of sp³-hybridized carbons (Fsp3) is 0.417. The number of ether oxygens (including phenoxy) is 1. The summed E-state index contributed by atoms with van der Waals surface area (Å²) in [4.78, 5) is 21.5. The first kappa shape index (κ1) is 13.3. The molecule has 2 rings (SSSR count). The van der Waals surface area contributed by atoms with E-state index in [2.05, 4.69) is 5.32 Å². The van der Waals surface area contributed by atoms with Crippen molar-refractivity contribution >= 4 is 11.7 Å². The Hall–Kier alpha value is -2.15. The lowest BCUT2D eigenvalue weighted by Crippen LogP contribution is -2.23. The number of hydrogen-bond donors (Lipinski definition) is 2. The van der Waals surface area contributed by atoms with Crippen LogP contribution in [0.5, 0.6) is 5.75 Å². The first-order valence-electron chi connectivity index (χ1n) is 5.83. The number of nitrogens with zero attached hydrogens (tertiary/aromatic N) is 1. The standard InChI is InChI=1S/C12H14N2O5/c1-19-10-3-2-7(6-9(10)14(17)18)11-8(12(15)16)4-5-13-11/h2-3,6,8,11,13H,4-5H2,1H3,(H,15,16). The SMILES string of the molecule is COc1ccc(C2NCCC2C(=O)O)cc1[N+](=O)[O-]. The molecule has 0 saturated carbocycles. The molecule has 0 aromatic heterocycles. The van der Waals surface area contributed by atoms with Crippen molar-refractivity contribution < 1.29 is 19.6 Å². The van der Waals surface area contributed by atoms with Crippen molar-refractivity contribution in [1.82, 2.24) is 5.32 Å². The largest absolute Gasteiger partial charge is 0.490 e. The van der Waals surface area contributed by atoms with Crippen LogP contribution in [0.2, 0.25) is 0 Å². The Labute approximate surface area is 109 Å². The normalized spacial score (nSPS) is 22.2. The summed E-state index contributed by atoms with van der Waals surface area (Å²) in [6.07, 6.45) is 0.514. The smallest absolute Gasteiger partial charge is 0.311 e. The molecular weight excluding hydrogens is 252 g/mol. The van der Waals surface area contributed by atoms with Crippen molar-refractivity contribution in [3.63, 3.8) is 0 Å². The summed E-state index contributed by atoms with van der Waals surface area (Å²) in [5.74, 6) is -1.29. The highest BCUT2D eigenvalue weighted by molar-refractivity contribution is 5.72. The number of rotatable bonds is 4. The van der Waals surface area contributed by atoms with Crippen molar-refractivity contribution in [3.8, 4) is 5.75 Å². The van der Waals surface area contributed by atoms with Crippen LogP contribution in [-0.2, 0) is 4.79 Å². The highest BCUT2D eigenvalue weighted by atomic mass is 16.6. The molecule has 1 aromatic carbocycles. The molecule has 7 heteroatoms. The van der Waals surface area contributed by atoms with Crippen LogP contribution in [0.4, 0.5) is 5.69 Å². The predicted molar refractivity (Wildman–Crippen MR) is 66.1 cm³/mol. The van der Waals surface area contributed by atoms with Crippen LogP contribution in [0.25, 0.3) is 0 Å². The Morgan fingerprint density at radius 1 is 1.58 bits per heavy atom. The van der Waals surface area contributed by atoms with Gasteiger partial charge in [-0.1, -0.05) is 6.07 Å². The number of nitro groups is 1. The molecule has 0 amide bonds. The molecule has 2 N–H and O–H groups in total. The van der Waals surface area contributed by atoms with Gasteiger partial charge >= 0.3 is 11.7 Å². The van der Waals surface area contributed by atoms with E-state index >= 15 is 0 Å². The van der Waals surface area contributed by atoms with E-state index in [0.717, 1.165) is 0 Å². The molecular formula is C12H14N2O5. The summed E-state index contributed by atoms with van der Waals surface area (Å²) >= 11 is 0. The first-order chi connectivity index (χ1) is 9.04. The lowest BCUT2D eigenvalue weighted by atomic mass is 9.94. The van der Waals surface area contributed by atoms with Crippen molar-refractivity contribution in [2.75, 3.05) is 13.7 Å². The molecule has 0 radical (unpaired) electrons. The van der Waals surface area contributed by atoms with Crippen LogP contribution in [0.1, 0.15) is 18.0 Å². The summed E-state index contributed by atoms with van der Waals surface area (Å²) in [5, 5.41) is 23.1. The number of carboxylic acid groups (broad SMARTS) is 1. The molecule has 2 atom stereocenters. The topological polar surface area (TPSA) is 102 Å². The number of carbonyl (C=O) groups is 1. The van der Waals surface area contributed by atoms with Gasteiger partial charge in [-0.15, -0.1) is 0 Å². The molecule has 1 aliphatic heterocycles. The van der Waals surface area contributed by atoms with Crippen LogP contribution in [-0.4, -0.2) is 29.7 Å². The predicted octanol–water partition coefficient (Wildman–Crippen LogP) is 1.34. The van der Waals surface area contributed by atoms with E-state index < -0.39 is 22.9 Å². The van der Waals surface area contributed by atoms with E-state index in [9.17, 15) is 14.9 Å². The van der Waals surface area contributed by atoms with Gasteiger partial charge in [0.2, 0.25) is 0 Å². The van der Waals surface area contributed by atoms with Gasteiger partial charge in [0.05, 0.1) is 18.0 Å². The highest BCUT2D eigenvalue weighted by Gasteiger charge is 2.34. The molecule has 1 aromatic rings. The van der Waals surface area contributed by atoms with Crippen LogP contribution >= 0.6 is 0 Å². The van der Waals surface area contributed by atoms with Gasteiger partial charge in [0, 0.05) is 12.1 Å². The van der Waals surface area contributed by atoms with Crippen molar-refractivity contribution in [3.05, 3.63) is 33.9 Å². The van der Waals surface area contributed by atoms with E-state index in [-0.39, 0.29) is 11.4 Å². The fourth-order valence-corrected chi connectivity index (χ4v) is 2.36. The van der Waals surface area contributed by atoms with Crippen LogP contribution in [0.15, 0.2) is 18.2 Å². The van der Waals surface area contributed by atoms with Crippen LogP contribution in [0, 0.1) is 16.0 Å². The summed E-state index contributed by atoms with van der Waals surface area (Å²) in [7, 11) is 1.36. The Morgan fingerprint density at radius 2 is 2.32 bits per heavy atom. The number of carboxylic acids is 1. The average Bonchev–Trinajstić information content (AvgIpc) is 2.87. The molecule has 102 valence electrons. The Balaban J connectivity index is 2.38. The van der Waals surface area contributed by atoms with E-state index in [1.165, 1.54) is 19.2 Å². The van der Waals surface area contributed by atoms with E-state index in [4.69, 9.17) is 9.84 Å². The minimum atomic E-state index is -0.895. The van der Waals surface area contributed by atoms with Crippen molar-refractivity contribution in [2.24, 2.45) is 5.92 Å². The summed E-state index contributed by atoms with van der Waals surface area (Å²) in [6, 6.07) is 4.12. The molecule has 2 unspecified atom stereocenters. The minimum absolute atomic E-state index is 0.155. The number of methoxy groups -OCH3 is 1. The quantitative estimate of drug-likeness (QED) is 0.629. The van der Waals surface area contributed by atoms with Gasteiger partial charge in [0.1, 0.15) is 0 Å². The van der Waals surface area contributed by atoms with Gasteiger partial charge in [-0.3, -0.25) is 14.9 Å². The third kappa shape index (κ3) is 2.50. The van der Waals surface area contributed by atoms with Gasteiger partial charge in [0.25, 0.3) is 0 Å². The maximum Gasteiger partial charge on any atom is 0.311 e. The molecule has 0 spiro atoms. The summed E-state index contributed by atoms with van der Waals surface area (Å²) in [5.41, 5.74) is 0.440. The summed E-state index contributed by atoms with van der Waals surface area (Å²) < 4.78 is 4.92. The fourth-order valence-electron chi connectivity index (χ4n) is 2.36. The maximum absolute atomic E-state index is 11.1. The second-order valence-electron chi connectivity index (χ2n) is 4.35. The third-order valence-corrected chi connectivity index (χ3v) is 3.30. The first-order valence-corrected chi connectivity index (χ1v) is 5.83. The Bertz CT molecular complexity index is 517. The van der Waals surface area contributed by atoms with E-state index in [1.807, 2.05) is 0 Å². The number of hydrogen-bond acceptors (Lipinski definition) is 5. The number of benzene rings is 1. The number of nitro benzene ring substituents is 1. The second-order valence-corrected chi connectivity index (χ2v) is 4.35. The van der Waals surface area contributed by atoms with Crippen LogP contribution in [0.3, 0.4) is 0 Å². The molecule has 1 saturated heterocycles.